The highest BCUT2D eigenvalue weighted by Gasteiger charge is 2.11. The maximum absolute atomic E-state index is 10.7. The molecular formula is C11H15N3O3. The van der Waals surface area contributed by atoms with Gasteiger partial charge in [-0.25, -0.2) is 0 Å². The molecule has 1 aromatic carbocycles. The molecule has 0 aliphatic rings. The van der Waals surface area contributed by atoms with E-state index in [1.54, 1.807) is 18.2 Å². The number of carbonyl (C=O) groups excluding carboxylic acids is 1. The van der Waals surface area contributed by atoms with E-state index in [1.165, 1.54) is 6.07 Å². The molecule has 0 unspecified atom stereocenters. The summed E-state index contributed by atoms with van der Waals surface area (Å²) in [4.78, 5) is 20.8. The molecule has 0 aromatic heterocycles. The highest BCUT2D eigenvalue weighted by molar-refractivity contribution is 5.73. The fourth-order valence-corrected chi connectivity index (χ4v) is 1.46. The zero-order valence-corrected chi connectivity index (χ0v) is 9.39. The average Bonchev–Trinajstić information content (AvgIpc) is 2.28. The number of rotatable bonds is 7. The van der Waals surface area contributed by atoms with E-state index in [2.05, 4.69) is 5.32 Å². The third-order valence-electron chi connectivity index (χ3n) is 2.31. The summed E-state index contributed by atoms with van der Waals surface area (Å²) in [6.07, 6.45) is 0.826. The van der Waals surface area contributed by atoms with E-state index in [-0.39, 0.29) is 18.0 Å². The van der Waals surface area contributed by atoms with Crippen molar-refractivity contribution in [3.8, 4) is 0 Å². The number of para-hydroxylation sites is 1. The van der Waals surface area contributed by atoms with Gasteiger partial charge in [0.15, 0.2) is 0 Å². The standard InChI is InChI=1S/C11H15N3O3/c12-11(15)6-8-13-7-5-9-3-1-2-4-10(9)14(16)17/h1-4,13H,5-8H2,(H2,12,15). The minimum atomic E-state index is -0.390. The van der Waals surface area contributed by atoms with Crippen molar-refractivity contribution in [2.45, 2.75) is 12.8 Å². The number of nitro groups is 1. The van der Waals surface area contributed by atoms with Crippen molar-refractivity contribution in [1.82, 2.24) is 5.32 Å². The quantitative estimate of drug-likeness (QED) is 0.412. The second-order valence-electron chi connectivity index (χ2n) is 3.60. The van der Waals surface area contributed by atoms with Crippen LogP contribution in [-0.4, -0.2) is 23.9 Å². The number of nitrogens with zero attached hydrogens (tertiary/aromatic N) is 1. The van der Waals surface area contributed by atoms with Crippen LogP contribution in [0.1, 0.15) is 12.0 Å². The van der Waals surface area contributed by atoms with E-state index < -0.39 is 4.92 Å². The summed E-state index contributed by atoms with van der Waals surface area (Å²) >= 11 is 0. The molecule has 0 aliphatic heterocycles. The normalized spacial score (nSPS) is 10.1. The zero-order chi connectivity index (χ0) is 12.7. The van der Waals surface area contributed by atoms with Crippen LogP contribution < -0.4 is 11.1 Å². The summed E-state index contributed by atoms with van der Waals surface area (Å²) in [7, 11) is 0. The van der Waals surface area contributed by atoms with Gasteiger partial charge in [0.05, 0.1) is 4.92 Å². The lowest BCUT2D eigenvalue weighted by atomic mass is 10.1. The van der Waals surface area contributed by atoms with Gasteiger partial charge in [-0.15, -0.1) is 0 Å². The Kier molecular flexibility index (Phi) is 5.09. The summed E-state index contributed by atoms with van der Waals surface area (Å²) in [5, 5.41) is 13.7. The average molecular weight is 237 g/mol. The second-order valence-corrected chi connectivity index (χ2v) is 3.60. The Balaban J connectivity index is 2.41. The highest BCUT2D eigenvalue weighted by atomic mass is 16.6. The predicted octanol–water partition coefficient (Wildman–Crippen LogP) is 0.602. The topological polar surface area (TPSA) is 98.3 Å². The summed E-state index contributed by atoms with van der Waals surface area (Å²) in [6, 6.07) is 6.63. The lowest BCUT2D eigenvalue weighted by Gasteiger charge is -2.04. The van der Waals surface area contributed by atoms with Gasteiger partial charge in [0.2, 0.25) is 5.91 Å². The molecular weight excluding hydrogens is 222 g/mol. The van der Waals surface area contributed by atoms with Gasteiger partial charge in [-0.3, -0.25) is 14.9 Å². The molecule has 6 nitrogen and oxygen atoms in total. The Hall–Kier alpha value is -1.95. The van der Waals surface area contributed by atoms with Crippen LogP contribution in [0.2, 0.25) is 0 Å². The van der Waals surface area contributed by atoms with Crippen molar-refractivity contribution in [2.24, 2.45) is 5.73 Å². The zero-order valence-electron chi connectivity index (χ0n) is 9.39. The van der Waals surface area contributed by atoms with E-state index in [4.69, 9.17) is 5.73 Å². The summed E-state index contributed by atoms with van der Waals surface area (Å²) in [5.41, 5.74) is 5.79. The number of nitro benzene ring substituents is 1. The Morgan fingerprint density at radius 1 is 1.35 bits per heavy atom. The fourth-order valence-electron chi connectivity index (χ4n) is 1.46. The van der Waals surface area contributed by atoms with Gasteiger partial charge < -0.3 is 11.1 Å². The number of nitrogens with one attached hydrogen (secondary N) is 1. The van der Waals surface area contributed by atoms with Crippen LogP contribution in [0.4, 0.5) is 5.69 Å². The van der Waals surface area contributed by atoms with E-state index in [1.807, 2.05) is 0 Å². The Morgan fingerprint density at radius 2 is 2.06 bits per heavy atom. The van der Waals surface area contributed by atoms with Crippen molar-refractivity contribution in [3.63, 3.8) is 0 Å². The van der Waals surface area contributed by atoms with E-state index in [9.17, 15) is 14.9 Å². The van der Waals surface area contributed by atoms with Crippen molar-refractivity contribution < 1.29 is 9.72 Å². The van der Waals surface area contributed by atoms with Gasteiger partial charge in [-0.1, -0.05) is 18.2 Å². The number of primary amides is 1. The van der Waals surface area contributed by atoms with E-state index in [0.29, 0.717) is 25.1 Å². The van der Waals surface area contributed by atoms with Gasteiger partial charge in [0.25, 0.3) is 5.69 Å². The van der Waals surface area contributed by atoms with E-state index >= 15 is 0 Å². The summed E-state index contributed by atoms with van der Waals surface area (Å²) in [6.45, 7) is 1.08. The van der Waals surface area contributed by atoms with Crippen LogP contribution >= 0.6 is 0 Å². The Morgan fingerprint density at radius 3 is 2.71 bits per heavy atom. The molecule has 92 valence electrons. The third kappa shape index (κ3) is 4.60. The molecule has 0 fully saturated rings. The number of hydrogen-bond acceptors (Lipinski definition) is 4. The maximum Gasteiger partial charge on any atom is 0.272 e. The van der Waals surface area contributed by atoms with Crippen LogP contribution in [0.25, 0.3) is 0 Å². The molecule has 0 atom stereocenters. The van der Waals surface area contributed by atoms with Gasteiger partial charge in [0, 0.05) is 24.6 Å². The SMILES string of the molecule is NC(=O)CCNCCc1ccccc1[N+](=O)[O-]. The summed E-state index contributed by atoms with van der Waals surface area (Å²) in [5.74, 6) is -0.358. The lowest BCUT2D eigenvalue weighted by molar-refractivity contribution is -0.385. The highest BCUT2D eigenvalue weighted by Crippen LogP contribution is 2.17. The molecule has 0 aliphatic carbocycles. The molecule has 0 spiro atoms. The largest absolute Gasteiger partial charge is 0.370 e. The molecule has 17 heavy (non-hydrogen) atoms. The molecule has 0 radical (unpaired) electrons. The number of amides is 1. The molecule has 1 rings (SSSR count). The fraction of sp³-hybridized carbons (Fsp3) is 0.364. The molecule has 0 bridgehead atoms. The predicted molar refractivity (Wildman–Crippen MR) is 63.5 cm³/mol. The number of benzene rings is 1. The Bertz CT molecular complexity index is 407. The lowest BCUT2D eigenvalue weighted by Crippen LogP contribution is -2.23. The van der Waals surface area contributed by atoms with Crippen molar-refractivity contribution in [2.75, 3.05) is 13.1 Å². The van der Waals surface area contributed by atoms with Crippen LogP contribution in [0.3, 0.4) is 0 Å². The van der Waals surface area contributed by atoms with Crippen molar-refractivity contribution in [1.29, 1.82) is 0 Å². The van der Waals surface area contributed by atoms with Gasteiger partial charge >= 0.3 is 0 Å². The number of nitrogens with two attached hydrogens (primary N) is 1. The summed E-state index contributed by atoms with van der Waals surface area (Å²) < 4.78 is 0. The smallest absolute Gasteiger partial charge is 0.272 e. The molecule has 1 aromatic rings. The number of hydrogen-bond donors (Lipinski definition) is 2. The van der Waals surface area contributed by atoms with E-state index in [0.717, 1.165) is 0 Å². The molecule has 6 heteroatoms. The first-order valence-corrected chi connectivity index (χ1v) is 5.32. The van der Waals surface area contributed by atoms with Gasteiger partial charge in [-0.05, 0) is 13.0 Å². The first-order chi connectivity index (χ1) is 8.11. The minimum absolute atomic E-state index is 0.129. The molecule has 1 amide bonds. The Labute approximate surface area is 99.0 Å². The molecule has 0 heterocycles. The van der Waals surface area contributed by atoms with Crippen molar-refractivity contribution in [3.05, 3.63) is 39.9 Å². The monoisotopic (exact) mass is 237 g/mol. The maximum atomic E-state index is 10.7. The van der Waals surface area contributed by atoms with Crippen LogP contribution in [0.5, 0.6) is 0 Å². The second kappa shape index (κ2) is 6.59. The first kappa shape index (κ1) is 13.1. The van der Waals surface area contributed by atoms with Crippen LogP contribution in [0.15, 0.2) is 24.3 Å². The van der Waals surface area contributed by atoms with Gasteiger partial charge in [-0.2, -0.15) is 0 Å². The third-order valence-corrected chi connectivity index (χ3v) is 2.31. The molecule has 0 saturated carbocycles. The first-order valence-electron chi connectivity index (χ1n) is 5.32. The number of carbonyl (C=O) groups is 1. The van der Waals surface area contributed by atoms with Crippen LogP contribution in [-0.2, 0) is 11.2 Å². The van der Waals surface area contributed by atoms with Gasteiger partial charge in [0.1, 0.15) is 0 Å². The molecule has 0 saturated heterocycles. The molecule has 3 N–H and O–H groups in total. The van der Waals surface area contributed by atoms with Crippen LogP contribution in [0, 0.1) is 10.1 Å². The van der Waals surface area contributed by atoms with Crippen molar-refractivity contribution >= 4 is 11.6 Å². The minimum Gasteiger partial charge on any atom is -0.370 e.